The lowest BCUT2D eigenvalue weighted by Gasteiger charge is -2.13. The van der Waals surface area contributed by atoms with Gasteiger partial charge in [-0.3, -0.25) is 9.52 Å². The molecule has 1 amide bonds. The van der Waals surface area contributed by atoms with E-state index in [0.29, 0.717) is 6.54 Å². The normalized spacial score (nSPS) is 26.9. The number of rotatable bonds is 3. The first-order chi connectivity index (χ1) is 6.83. The molecule has 0 radical (unpaired) electrons. The first-order valence-electron chi connectivity index (χ1n) is 4.80. The van der Waals surface area contributed by atoms with E-state index >= 15 is 0 Å². The van der Waals surface area contributed by atoms with Crippen molar-refractivity contribution in [1.82, 2.24) is 10.0 Å². The average Bonchev–Trinajstić information content (AvgIpc) is 2.50. The highest BCUT2D eigenvalue weighted by molar-refractivity contribution is 7.90. The van der Waals surface area contributed by atoms with E-state index < -0.39 is 33.3 Å². The summed E-state index contributed by atoms with van der Waals surface area (Å²) in [5.41, 5.74) is 0. The molecule has 7 heteroatoms. The Hall–Kier alpha value is -0.660. The number of amides is 1. The Morgan fingerprint density at radius 2 is 2.13 bits per heavy atom. The molecule has 0 aromatic rings. The maximum Gasteiger partial charge on any atom is 0.250 e. The number of nitrogens with one attached hydrogen (secondary N) is 2. The fraction of sp³-hybridized carbons (Fsp3) is 0.875. The number of aliphatic hydroxyl groups is 1. The fourth-order valence-corrected chi connectivity index (χ4v) is 1.90. The molecule has 2 atom stereocenters. The fourth-order valence-electron chi connectivity index (χ4n) is 1.25. The van der Waals surface area contributed by atoms with Crippen molar-refractivity contribution in [1.29, 1.82) is 0 Å². The van der Waals surface area contributed by atoms with Crippen LogP contribution in [0.15, 0.2) is 0 Å². The molecule has 15 heavy (non-hydrogen) atoms. The van der Waals surface area contributed by atoms with E-state index in [1.54, 1.807) is 0 Å². The third-order valence-electron chi connectivity index (χ3n) is 2.29. The molecule has 0 bridgehead atoms. The summed E-state index contributed by atoms with van der Waals surface area (Å²) in [4.78, 5) is 11.4. The van der Waals surface area contributed by atoms with Gasteiger partial charge in [0.15, 0.2) is 0 Å². The molecule has 0 aromatic carbocycles. The molecular weight excluding hydrogens is 220 g/mol. The molecular formula is C8H16N2O4S. The number of hydrogen-bond donors (Lipinski definition) is 3. The highest BCUT2D eigenvalue weighted by Crippen LogP contribution is 2.07. The Bertz CT molecular complexity index is 339. The molecule has 1 heterocycles. The maximum atomic E-state index is 11.4. The van der Waals surface area contributed by atoms with Crippen LogP contribution < -0.4 is 10.0 Å². The van der Waals surface area contributed by atoms with Gasteiger partial charge in [0, 0.05) is 6.54 Å². The van der Waals surface area contributed by atoms with Crippen molar-refractivity contribution in [3.63, 3.8) is 0 Å². The molecule has 88 valence electrons. The molecule has 1 rings (SSSR count). The van der Waals surface area contributed by atoms with Crippen molar-refractivity contribution in [2.75, 3.05) is 6.54 Å². The molecule has 1 saturated heterocycles. The summed E-state index contributed by atoms with van der Waals surface area (Å²) in [7, 11) is -3.57. The van der Waals surface area contributed by atoms with Crippen molar-refractivity contribution in [3.05, 3.63) is 0 Å². The predicted molar refractivity (Wildman–Crippen MR) is 54.6 cm³/mol. The monoisotopic (exact) mass is 236 g/mol. The van der Waals surface area contributed by atoms with E-state index in [4.69, 9.17) is 5.11 Å². The summed E-state index contributed by atoms with van der Waals surface area (Å²) in [5.74, 6) is -0.597. The van der Waals surface area contributed by atoms with Gasteiger partial charge in [-0.05, 0) is 20.3 Å². The average molecular weight is 236 g/mol. The van der Waals surface area contributed by atoms with Crippen molar-refractivity contribution in [2.24, 2.45) is 0 Å². The minimum Gasteiger partial charge on any atom is -0.392 e. The first kappa shape index (κ1) is 12.4. The van der Waals surface area contributed by atoms with E-state index in [1.165, 1.54) is 13.8 Å². The van der Waals surface area contributed by atoms with E-state index in [9.17, 15) is 13.2 Å². The highest BCUT2D eigenvalue weighted by atomic mass is 32.2. The zero-order chi connectivity index (χ0) is 11.6. The van der Waals surface area contributed by atoms with Gasteiger partial charge in [0.05, 0.1) is 17.4 Å². The standard InChI is InChI=1S/C8H16N2O4S/c1-5(2)15(13,14)10-8(12)7-3-6(11)4-9-7/h5-7,9,11H,3-4H2,1-2H3,(H,10,12). The third-order valence-corrected chi connectivity index (χ3v) is 4.01. The van der Waals surface area contributed by atoms with Gasteiger partial charge in [-0.25, -0.2) is 8.42 Å². The summed E-state index contributed by atoms with van der Waals surface area (Å²) in [5, 5.41) is 11.3. The Morgan fingerprint density at radius 3 is 2.53 bits per heavy atom. The van der Waals surface area contributed by atoms with Crippen LogP contribution in [-0.2, 0) is 14.8 Å². The number of β-amino-alcohol motifs (C(OH)–C–C–N with tert-alkyl or cyclic N) is 1. The van der Waals surface area contributed by atoms with Crippen LogP contribution in [0, 0.1) is 0 Å². The molecule has 0 aromatic heterocycles. The topological polar surface area (TPSA) is 95.5 Å². The minimum atomic E-state index is -3.57. The first-order valence-corrected chi connectivity index (χ1v) is 6.34. The summed E-state index contributed by atoms with van der Waals surface area (Å²) in [6, 6.07) is -0.617. The van der Waals surface area contributed by atoms with Crippen molar-refractivity contribution in [3.8, 4) is 0 Å². The predicted octanol–water partition coefficient (Wildman–Crippen LogP) is -1.44. The summed E-state index contributed by atoms with van der Waals surface area (Å²) in [6.45, 7) is 3.30. The maximum absolute atomic E-state index is 11.4. The lowest BCUT2D eigenvalue weighted by molar-refractivity contribution is -0.121. The molecule has 0 saturated carbocycles. The molecule has 1 aliphatic heterocycles. The van der Waals surface area contributed by atoms with Crippen LogP contribution in [0.5, 0.6) is 0 Å². The van der Waals surface area contributed by atoms with E-state index in [-0.39, 0.29) is 6.42 Å². The number of carbonyl (C=O) groups excluding carboxylic acids is 1. The van der Waals surface area contributed by atoms with Crippen molar-refractivity contribution < 1.29 is 18.3 Å². The Kier molecular flexibility index (Phi) is 3.69. The molecule has 6 nitrogen and oxygen atoms in total. The molecule has 3 N–H and O–H groups in total. The van der Waals surface area contributed by atoms with Crippen LogP contribution in [-0.4, -0.2) is 43.4 Å². The highest BCUT2D eigenvalue weighted by Gasteiger charge is 2.31. The van der Waals surface area contributed by atoms with Crippen LogP contribution in [0.25, 0.3) is 0 Å². The van der Waals surface area contributed by atoms with E-state index in [2.05, 4.69) is 5.32 Å². The molecule has 0 aliphatic carbocycles. The van der Waals surface area contributed by atoms with Gasteiger partial charge >= 0.3 is 0 Å². The van der Waals surface area contributed by atoms with Crippen molar-refractivity contribution >= 4 is 15.9 Å². The second-order valence-electron chi connectivity index (χ2n) is 3.91. The Morgan fingerprint density at radius 1 is 1.53 bits per heavy atom. The number of hydrogen-bond acceptors (Lipinski definition) is 5. The zero-order valence-corrected chi connectivity index (χ0v) is 9.54. The minimum absolute atomic E-state index is 0.249. The third kappa shape index (κ3) is 3.15. The quantitative estimate of drug-likeness (QED) is 0.558. The molecule has 1 aliphatic rings. The lowest BCUT2D eigenvalue weighted by atomic mass is 10.2. The van der Waals surface area contributed by atoms with Crippen LogP contribution in [0.1, 0.15) is 20.3 Å². The zero-order valence-electron chi connectivity index (χ0n) is 8.73. The number of sulfonamides is 1. The number of carbonyl (C=O) groups is 1. The molecule has 1 fully saturated rings. The van der Waals surface area contributed by atoms with Gasteiger partial charge in [0.1, 0.15) is 0 Å². The lowest BCUT2D eigenvalue weighted by Crippen LogP contribution is -2.45. The van der Waals surface area contributed by atoms with Crippen LogP contribution in [0.2, 0.25) is 0 Å². The van der Waals surface area contributed by atoms with Gasteiger partial charge in [0.25, 0.3) is 5.91 Å². The Balaban J connectivity index is 2.57. The SMILES string of the molecule is CC(C)S(=O)(=O)NC(=O)C1CC(O)CN1. The summed E-state index contributed by atoms with van der Waals surface area (Å²) in [6.07, 6.45) is -0.332. The van der Waals surface area contributed by atoms with E-state index in [0.717, 1.165) is 0 Å². The molecule has 2 unspecified atom stereocenters. The van der Waals surface area contributed by atoms with Gasteiger partial charge < -0.3 is 10.4 Å². The molecule has 0 spiro atoms. The Labute approximate surface area is 89.1 Å². The summed E-state index contributed by atoms with van der Waals surface area (Å²) >= 11 is 0. The number of aliphatic hydroxyl groups excluding tert-OH is 1. The second kappa shape index (κ2) is 4.46. The van der Waals surface area contributed by atoms with Gasteiger partial charge in [-0.15, -0.1) is 0 Å². The van der Waals surface area contributed by atoms with Crippen LogP contribution >= 0.6 is 0 Å². The van der Waals surface area contributed by atoms with Gasteiger partial charge in [0.2, 0.25) is 10.0 Å². The largest absolute Gasteiger partial charge is 0.392 e. The van der Waals surface area contributed by atoms with E-state index in [1.807, 2.05) is 4.72 Å². The van der Waals surface area contributed by atoms with Crippen molar-refractivity contribution in [2.45, 2.75) is 37.7 Å². The van der Waals surface area contributed by atoms with Crippen LogP contribution in [0.4, 0.5) is 0 Å². The summed E-state index contributed by atoms with van der Waals surface area (Å²) < 4.78 is 24.7. The second-order valence-corrected chi connectivity index (χ2v) is 6.15. The smallest absolute Gasteiger partial charge is 0.250 e. The van der Waals surface area contributed by atoms with Gasteiger partial charge in [-0.1, -0.05) is 0 Å². The van der Waals surface area contributed by atoms with Gasteiger partial charge in [-0.2, -0.15) is 0 Å². The van der Waals surface area contributed by atoms with Crippen LogP contribution in [0.3, 0.4) is 0 Å².